The molecule has 0 amide bonds. The number of aromatic nitrogens is 2. The van der Waals surface area contributed by atoms with E-state index in [4.69, 9.17) is 14.4 Å². The highest BCUT2D eigenvalue weighted by atomic mass is 35.5. The van der Waals surface area contributed by atoms with Crippen LogP contribution in [0, 0.1) is 5.92 Å². The lowest BCUT2D eigenvalue weighted by molar-refractivity contribution is -0.143. The largest absolute Gasteiger partial charge is 0.494 e. The summed E-state index contributed by atoms with van der Waals surface area (Å²) in [6.07, 6.45) is 1.60. The van der Waals surface area contributed by atoms with Crippen LogP contribution < -0.4 is 4.74 Å². The molecule has 0 bridgehead atoms. The maximum atomic E-state index is 11.1. The van der Waals surface area contributed by atoms with Crippen LogP contribution in [0.15, 0.2) is 28.8 Å². The number of rotatable bonds is 6. The Balaban J connectivity index is 0.00000225. The molecule has 3 rings (SSSR count). The summed E-state index contributed by atoms with van der Waals surface area (Å²) < 4.78 is 10.7. The molecule has 1 aromatic heterocycles. The van der Waals surface area contributed by atoms with Crippen molar-refractivity contribution >= 4 is 18.4 Å². The summed E-state index contributed by atoms with van der Waals surface area (Å²) in [5.74, 6) is 0.787. The highest BCUT2D eigenvalue weighted by molar-refractivity contribution is 5.85. The SMILES string of the molecule is CCOc1ccc(-c2noc(CN3CCCC(C(=O)O)C3)n2)cc1.Cl. The first-order valence-electron chi connectivity index (χ1n) is 8.16. The van der Waals surface area contributed by atoms with Crippen molar-refractivity contribution in [2.75, 3.05) is 19.7 Å². The summed E-state index contributed by atoms with van der Waals surface area (Å²) in [6.45, 7) is 4.42. The molecule has 1 atom stereocenters. The molecule has 0 spiro atoms. The van der Waals surface area contributed by atoms with Gasteiger partial charge < -0.3 is 14.4 Å². The van der Waals surface area contributed by atoms with Gasteiger partial charge in [0.15, 0.2) is 0 Å². The number of carbonyl (C=O) groups is 1. The van der Waals surface area contributed by atoms with E-state index < -0.39 is 5.97 Å². The Bertz CT molecular complexity index is 689. The number of carboxylic acids is 1. The zero-order chi connectivity index (χ0) is 16.9. The molecule has 2 heterocycles. The smallest absolute Gasteiger partial charge is 0.307 e. The van der Waals surface area contributed by atoms with Crippen LogP contribution in [0.3, 0.4) is 0 Å². The van der Waals surface area contributed by atoms with E-state index in [9.17, 15) is 4.79 Å². The lowest BCUT2D eigenvalue weighted by Crippen LogP contribution is -2.38. The molecular formula is C17H22ClN3O4. The zero-order valence-electron chi connectivity index (χ0n) is 14.1. The number of hydrogen-bond acceptors (Lipinski definition) is 6. The maximum absolute atomic E-state index is 11.1. The van der Waals surface area contributed by atoms with Crippen LogP contribution in [0.1, 0.15) is 25.7 Å². The number of likely N-dealkylation sites (tertiary alicyclic amines) is 1. The average molecular weight is 368 g/mol. The Morgan fingerprint density at radius 1 is 1.40 bits per heavy atom. The number of piperidine rings is 1. The van der Waals surface area contributed by atoms with E-state index >= 15 is 0 Å². The van der Waals surface area contributed by atoms with Gasteiger partial charge in [0.25, 0.3) is 0 Å². The Labute approximate surface area is 152 Å². The highest BCUT2D eigenvalue weighted by Crippen LogP contribution is 2.22. The van der Waals surface area contributed by atoms with Crippen LogP contribution in [0.5, 0.6) is 5.75 Å². The summed E-state index contributed by atoms with van der Waals surface area (Å²) in [7, 11) is 0. The molecule has 25 heavy (non-hydrogen) atoms. The van der Waals surface area contributed by atoms with Crippen LogP contribution in [0.2, 0.25) is 0 Å². The van der Waals surface area contributed by atoms with E-state index in [0.717, 1.165) is 30.7 Å². The van der Waals surface area contributed by atoms with E-state index in [2.05, 4.69) is 15.0 Å². The lowest BCUT2D eigenvalue weighted by atomic mass is 9.98. The fraction of sp³-hybridized carbons (Fsp3) is 0.471. The van der Waals surface area contributed by atoms with Gasteiger partial charge in [0.05, 0.1) is 19.1 Å². The third-order valence-electron chi connectivity index (χ3n) is 4.11. The minimum Gasteiger partial charge on any atom is -0.494 e. The van der Waals surface area contributed by atoms with E-state index in [0.29, 0.717) is 31.4 Å². The second kappa shape index (κ2) is 8.82. The second-order valence-corrected chi connectivity index (χ2v) is 5.88. The molecule has 2 aromatic rings. The van der Waals surface area contributed by atoms with Crippen LogP contribution in [0.25, 0.3) is 11.4 Å². The van der Waals surface area contributed by atoms with Gasteiger partial charge in [-0.25, -0.2) is 0 Å². The molecule has 0 radical (unpaired) electrons. The standard InChI is InChI=1S/C17H21N3O4.ClH/c1-2-23-14-7-5-12(6-8-14)16-18-15(24-19-16)11-20-9-3-4-13(10-20)17(21)22;/h5-8,13H,2-4,9-11H2,1H3,(H,21,22);1H. The monoisotopic (exact) mass is 367 g/mol. The van der Waals surface area contributed by atoms with E-state index in [-0.39, 0.29) is 18.3 Å². The van der Waals surface area contributed by atoms with Crippen LogP contribution in [-0.2, 0) is 11.3 Å². The molecule has 1 fully saturated rings. The van der Waals surface area contributed by atoms with Crippen LogP contribution in [0.4, 0.5) is 0 Å². The Hall–Kier alpha value is -2.12. The van der Waals surface area contributed by atoms with E-state index in [1.165, 1.54) is 0 Å². The molecule has 136 valence electrons. The number of halogens is 1. The summed E-state index contributed by atoms with van der Waals surface area (Å²) in [4.78, 5) is 17.6. The van der Waals surface area contributed by atoms with Crippen molar-refractivity contribution in [3.63, 3.8) is 0 Å². The first-order valence-corrected chi connectivity index (χ1v) is 8.16. The first-order chi connectivity index (χ1) is 11.7. The third-order valence-corrected chi connectivity index (χ3v) is 4.11. The van der Waals surface area contributed by atoms with Gasteiger partial charge in [-0.05, 0) is 50.6 Å². The number of ether oxygens (including phenoxy) is 1. The van der Waals surface area contributed by atoms with Gasteiger partial charge in [0, 0.05) is 12.1 Å². The molecule has 1 aromatic carbocycles. The van der Waals surface area contributed by atoms with Crippen molar-refractivity contribution in [1.29, 1.82) is 0 Å². The van der Waals surface area contributed by atoms with E-state index in [1.807, 2.05) is 31.2 Å². The van der Waals surface area contributed by atoms with Crippen molar-refractivity contribution < 1.29 is 19.2 Å². The molecule has 1 aliphatic heterocycles. The second-order valence-electron chi connectivity index (χ2n) is 5.88. The van der Waals surface area contributed by atoms with Crippen molar-refractivity contribution in [2.45, 2.75) is 26.3 Å². The quantitative estimate of drug-likeness (QED) is 0.839. The minimum absolute atomic E-state index is 0. The van der Waals surface area contributed by atoms with Crippen molar-refractivity contribution in [3.8, 4) is 17.1 Å². The molecule has 1 aliphatic rings. The topological polar surface area (TPSA) is 88.7 Å². The maximum Gasteiger partial charge on any atom is 0.307 e. The zero-order valence-corrected chi connectivity index (χ0v) is 14.9. The molecule has 1 unspecified atom stereocenters. The van der Waals surface area contributed by atoms with Crippen molar-refractivity contribution in [1.82, 2.24) is 15.0 Å². The summed E-state index contributed by atoms with van der Waals surface area (Å²) in [6, 6.07) is 7.52. The fourth-order valence-electron chi connectivity index (χ4n) is 2.90. The number of aliphatic carboxylic acids is 1. The fourth-order valence-corrected chi connectivity index (χ4v) is 2.90. The molecule has 7 nitrogen and oxygen atoms in total. The number of benzene rings is 1. The molecule has 1 N–H and O–H groups in total. The van der Waals surface area contributed by atoms with Gasteiger partial charge in [-0.3, -0.25) is 9.69 Å². The summed E-state index contributed by atoms with van der Waals surface area (Å²) in [5, 5.41) is 13.2. The first kappa shape index (κ1) is 19.2. The molecule has 0 saturated carbocycles. The van der Waals surface area contributed by atoms with Gasteiger partial charge in [0.2, 0.25) is 11.7 Å². The van der Waals surface area contributed by atoms with Crippen molar-refractivity contribution in [3.05, 3.63) is 30.2 Å². The lowest BCUT2D eigenvalue weighted by Gasteiger charge is -2.29. The number of hydrogen-bond donors (Lipinski definition) is 1. The minimum atomic E-state index is -0.736. The van der Waals surface area contributed by atoms with Gasteiger partial charge in [-0.15, -0.1) is 12.4 Å². The van der Waals surface area contributed by atoms with Crippen LogP contribution >= 0.6 is 12.4 Å². The van der Waals surface area contributed by atoms with Crippen molar-refractivity contribution in [2.24, 2.45) is 5.92 Å². The molecule has 0 aliphatic carbocycles. The summed E-state index contributed by atoms with van der Waals surface area (Å²) in [5.41, 5.74) is 0.857. The third kappa shape index (κ3) is 4.93. The Morgan fingerprint density at radius 3 is 2.84 bits per heavy atom. The predicted octanol–water partition coefficient (Wildman–Crippen LogP) is 2.85. The predicted molar refractivity (Wildman–Crippen MR) is 93.8 cm³/mol. The molecule has 1 saturated heterocycles. The number of carboxylic acid groups (broad SMARTS) is 1. The van der Waals surface area contributed by atoms with Crippen LogP contribution in [-0.4, -0.2) is 45.8 Å². The summed E-state index contributed by atoms with van der Waals surface area (Å²) >= 11 is 0. The Morgan fingerprint density at radius 2 is 2.16 bits per heavy atom. The van der Waals surface area contributed by atoms with E-state index in [1.54, 1.807) is 0 Å². The average Bonchev–Trinajstić information content (AvgIpc) is 3.04. The molecular weight excluding hydrogens is 346 g/mol. The van der Waals surface area contributed by atoms with Gasteiger partial charge in [0.1, 0.15) is 5.75 Å². The highest BCUT2D eigenvalue weighted by Gasteiger charge is 2.26. The molecule has 8 heteroatoms. The number of nitrogens with zero attached hydrogens (tertiary/aromatic N) is 3. The van der Waals surface area contributed by atoms with Gasteiger partial charge >= 0.3 is 5.97 Å². The van der Waals surface area contributed by atoms with Gasteiger partial charge in [-0.1, -0.05) is 5.16 Å². The van der Waals surface area contributed by atoms with Gasteiger partial charge in [-0.2, -0.15) is 4.98 Å². The normalized spacial score (nSPS) is 17.7. The Kier molecular flexibility index (Phi) is 6.78.